The summed E-state index contributed by atoms with van der Waals surface area (Å²) >= 11 is 0. The number of rotatable bonds is 6. The molecule has 12 nitrogen and oxygen atoms in total. The van der Waals surface area contributed by atoms with Gasteiger partial charge in [-0.3, -0.25) is 10.6 Å². The number of carbonyl (C=O) groups excluding carboxylic acids is 2. The van der Waals surface area contributed by atoms with Crippen LogP contribution in [-0.2, 0) is 14.8 Å². The summed E-state index contributed by atoms with van der Waals surface area (Å²) in [4.78, 5) is 30.8. The molecule has 0 unspecified atom stereocenters. The van der Waals surface area contributed by atoms with Crippen LogP contribution in [0.15, 0.2) is 35.4 Å². The van der Waals surface area contributed by atoms with E-state index in [0.717, 1.165) is 7.11 Å². The van der Waals surface area contributed by atoms with Crippen molar-refractivity contribution in [2.24, 2.45) is 0 Å². The maximum Gasteiger partial charge on any atom is 0.411 e. The first kappa shape index (κ1) is 20.7. The summed E-state index contributed by atoms with van der Waals surface area (Å²) in [7, 11) is -0.490. The van der Waals surface area contributed by atoms with Crippen molar-refractivity contribution in [3.05, 3.63) is 30.5 Å². The quantitative estimate of drug-likeness (QED) is 0.634. The molecule has 13 heteroatoms. The van der Waals surface area contributed by atoms with Gasteiger partial charge in [0.25, 0.3) is 15.9 Å². The van der Waals surface area contributed by atoms with Gasteiger partial charge in [-0.2, -0.15) is 4.98 Å². The largest absolute Gasteiger partial charge is 0.490 e. The third-order valence-corrected chi connectivity index (χ3v) is 4.58. The second-order valence-corrected chi connectivity index (χ2v) is 6.59. The molecular formula is C15H17N5O7S. The molecule has 3 N–H and O–H groups in total. The van der Waals surface area contributed by atoms with Crippen molar-refractivity contribution in [1.82, 2.24) is 14.7 Å². The van der Waals surface area contributed by atoms with Crippen LogP contribution in [0.4, 0.5) is 21.2 Å². The van der Waals surface area contributed by atoms with E-state index in [1.54, 1.807) is 4.72 Å². The standard InChI is InChI=1S/C15H17N5O7S/c1-25-10-8-16-13(18-12(10)26-2)19-14(21)20-28(23,24)11-7-5-4-6-9(11)17-15(22)27-3/h4-8H,1-3H3,(H,17,22)(H2,16,18,19,20,21). The average molecular weight is 411 g/mol. The van der Waals surface area contributed by atoms with Crippen molar-refractivity contribution in [2.75, 3.05) is 32.0 Å². The molecule has 0 saturated heterocycles. The molecule has 2 aromatic rings. The van der Waals surface area contributed by atoms with E-state index in [-0.39, 0.29) is 28.2 Å². The van der Waals surface area contributed by atoms with Crippen LogP contribution in [0.2, 0.25) is 0 Å². The first-order valence-corrected chi connectivity index (χ1v) is 9.02. The molecule has 0 bridgehead atoms. The summed E-state index contributed by atoms with van der Waals surface area (Å²) in [6, 6.07) is 4.34. The number of nitrogens with one attached hydrogen (secondary N) is 3. The Morgan fingerprint density at radius 1 is 1.04 bits per heavy atom. The first-order chi connectivity index (χ1) is 13.3. The molecule has 1 aromatic heterocycles. The maximum absolute atomic E-state index is 12.5. The number of hydrogen-bond acceptors (Lipinski definition) is 9. The average Bonchev–Trinajstić information content (AvgIpc) is 2.67. The zero-order valence-electron chi connectivity index (χ0n) is 15.0. The van der Waals surface area contributed by atoms with Crippen LogP contribution in [0.1, 0.15) is 0 Å². The lowest BCUT2D eigenvalue weighted by Gasteiger charge is -2.12. The molecule has 0 radical (unpaired) electrons. The number of methoxy groups -OCH3 is 3. The molecule has 0 aliphatic carbocycles. The predicted octanol–water partition coefficient (Wildman–Crippen LogP) is 1.18. The molecule has 150 valence electrons. The zero-order chi connectivity index (χ0) is 20.7. The van der Waals surface area contributed by atoms with E-state index in [1.807, 2.05) is 0 Å². The van der Waals surface area contributed by atoms with Crippen molar-refractivity contribution in [3.8, 4) is 11.6 Å². The number of carbonyl (C=O) groups is 2. The van der Waals surface area contributed by atoms with Crippen LogP contribution < -0.4 is 24.8 Å². The SMILES string of the molecule is COC(=O)Nc1ccccc1S(=O)(=O)NC(=O)Nc1ncc(OC)c(OC)n1. The number of sulfonamides is 1. The fourth-order valence-corrected chi connectivity index (χ4v) is 3.04. The summed E-state index contributed by atoms with van der Waals surface area (Å²) < 4.78 is 41.2. The van der Waals surface area contributed by atoms with Crippen molar-refractivity contribution in [2.45, 2.75) is 4.90 Å². The highest BCUT2D eigenvalue weighted by Crippen LogP contribution is 2.24. The van der Waals surface area contributed by atoms with Crippen LogP contribution in [0, 0.1) is 0 Å². The van der Waals surface area contributed by atoms with E-state index in [2.05, 4.69) is 25.3 Å². The Kier molecular flexibility index (Phi) is 6.55. The Morgan fingerprint density at radius 3 is 2.39 bits per heavy atom. The van der Waals surface area contributed by atoms with Gasteiger partial charge in [0.2, 0.25) is 5.95 Å². The molecule has 0 aliphatic rings. The normalized spacial score (nSPS) is 10.5. The van der Waals surface area contributed by atoms with Gasteiger partial charge in [-0.25, -0.2) is 27.7 Å². The number of benzene rings is 1. The zero-order valence-corrected chi connectivity index (χ0v) is 15.9. The van der Waals surface area contributed by atoms with E-state index < -0.39 is 22.1 Å². The molecule has 0 saturated carbocycles. The Bertz CT molecular complexity index is 980. The van der Waals surface area contributed by atoms with Gasteiger partial charge in [0.1, 0.15) is 4.90 Å². The molecule has 2 rings (SSSR count). The fourth-order valence-electron chi connectivity index (χ4n) is 1.97. The van der Waals surface area contributed by atoms with E-state index >= 15 is 0 Å². The number of para-hydroxylation sites is 1. The summed E-state index contributed by atoms with van der Waals surface area (Å²) in [5, 5.41) is 4.42. The maximum atomic E-state index is 12.5. The molecule has 1 heterocycles. The van der Waals surface area contributed by atoms with Gasteiger partial charge in [-0.1, -0.05) is 12.1 Å². The predicted molar refractivity (Wildman–Crippen MR) is 96.9 cm³/mol. The lowest BCUT2D eigenvalue weighted by atomic mass is 10.3. The Balaban J connectivity index is 2.19. The van der Waals surface area contributed by atoms with E-state index in [4.69, 9.17) is 9.47 Å². The van der Waals surface area contributed by atoms with Crippen LogP contribution in [0.25, 0.3) is 0 Å². The van der Waals surface area contributed by atoms with E-state index in [9.17, 15) is 18.0 Å². The van der Waals surface area contributed by atoms with Gasteiger partial charge in [-0.15, -0.1) is 0 Å². The summed E-state index contributed by atoms with van der Waals surface area (Å²) in [5.41, 5.74) is -0.0722. The first-order valence-electron chi connectivity index (χ1n) is 7.53. The molecular weight excluding hydrogens is 394 g/mol. The summed E-state index contributed by atoms with van der Waals surface area (Å²) in [5.74, 6) is 0.0542. The summed E-state index contributed by atoms with van der Waals surface area (Å²) in [6.45, 7) is 0. The smallest absolute Gasteiger partial charge is 0.411 e. The van der Waals surface area contributed by atoms with Gasteiger partial charge in [0.15, 0.2) is 5.75 Å². The lowest BCUT2D eigenvalue weighted by molar-refractivity contribution is 0.187. The van der Waals surface area contributed by atoms with Crippen LogP contribution in [-0.4, -0.2) is 51.8 Å². The number of nitrogens with zero attached hydrogens (tertiary/aromatic N) is 2. The number of ether oxygens (including phenoxy) is 3. The molecule has 3 amide bonds. The Morgan fingerprint density at radius 2 is 1.75 bits per heavy atom. The van der Waals surface area contributed by atoms with E-state index in [1.165, 1.54) is 44.7 Å². The topological polar surface area (TPSA) is 158 Å². The third kappa shape index (κ3) is 4.97. The number of urea groups is 1. The monoisotopic (exact) mass is 411 g/mol. The molecule has 0 atom stereocenters. The Hall–Kier alpha value is -3.61. The van der Waals surface area contributed by atoms with Crippen LogP contribution >= 0.6 is 0 Å². The second-order valence-electron chi connectivity index (χ2n) is 4.94. The van der Waals surface area contributed by atoms with Gasteiger partial charge in [0.05, 0.1) is 33.2 Å². The molecule has 0 fully saturated rings. The minimum Gasteiger partial charge on any atom is -0.490 e. The van der Waals surface area contributed by atoms with Gasteiger partial charge in [-0.05, 0) is 12.1 Å². The number of aromatic nitrogens is 2. The highest BCUT2D eigenvalue weighted by atomic mass is 32.2. The lowest BCUT2D eigenvalue weighted by Crippen LogP contribution is -2.35. The molecule has 28 heavy (non-hydrogen) atoms. The van der Waals surface area contributed by atoms with Crippen molar-refractivity contribution < 1.29 is 32.2 Å². The minimum absolute atomic E-state index is 0.0447. The second kappa shape index (κ2) is 8.85. The number of amides is 3. The van der Waals surface area contributed by atoms with Crippen molar-refractivity contribution in [1.29, 1.82) is 0 Å². The summed E-state index contributed by atoms with van der Waals surface area (Å²) in [6.07, 6.45) is 0.372. The number of anilines is 2. The minimum atomic E-state index is -4.34. The Labute approximate surface area is 160 Å². The van der Waals surface area contributed by atoms with E-state index in [0.29, 0.717) is 0 Å². The molecule has 1 aromatic carbocycles. The third-order valence-electron chi connectivity index (χ3n) is 3.19. The number of hydrogen-bond donors (Lipinski definition) is 3. The van der Waals surface area contributed by atoms with Crippen molar-refractivity contribution in [3.63, 3.8) is 0 Å². The van der Waals surface area contributed by atoms with Gasteiger partial charge < -0.3 is 14.2 Å². The van der Waals surface area contributed by atoms with Gasteiger partial charge >= 0.3 is 12.1 Å². The van der Waals surface area contributed by atoms with Crippen molar-refractivity contribution >= 4 is 33.8 Å². The van der Waals surface area contributed by atoms with Gasteiger partial charge in [0, 0.05) is 0 Å². The molecule has 0 aliphatic heterocycles. The fraction of sp³-hybridized carbons (Fsp3) is 0.200. The van der Waals surface area contributed by atoms with Crippen LogP contribution in [0.3, 0.4) is 0 Å². The van der Waals surface area contributed by atoms with Crippen LogP contribution in [0.5, 0.6) is 11.6 Å². The highest BCUT2D eigenvalue weighted by Gasteiger charge is 2.23. The highest BCUT2D eigenvalue weighted by molar-refractivity contribution is 7.90. The molecule has 0 spiro atoms.